The molecule has 8 heteroatoms. The molecule has 1 aliphatic heterocycles. The summed E-state index contributed by atoms with van der Waals surface area (Å²) in [6.07, 6.45) is 6.17. The number of hydrogen-bond donors (Lipinski definition) is 2. The molecule has 0 unspecified atom stereocenters. The molecule has 0 radical (unpaired) electrons. The van der Waals surface area contributed by atoms with Gasteiger partial charge < -0.3 is 10.1 Å². The van der Waals surface area contributed by atoms with Crippen LogP contribution in [0.25, 0.3) is 0 Å². The highest BCUT2D eigenvalue weighted by Crippen LogP contribution is 2.27. The number of rotatable bonds is 9. The number of ether oxygens (including phenoxy) is 1. The predicted molar refractivity (Wildman–Crippen MR) is 128 cm³/mol. The fourth-order valence-electron chi connectivity index (χ4n) is 4.70. The van der Waals surface area contributed by atoms with Crippen molar-refractivity contribution in [3.05, 3.63) is 59.2 Å². The lowest BCUT2D eigenvalue weighted by atomic mass is 10.1. The number of sulfonamides is 1. The van der Waals surface area contributed by atoms with Gasteiger partial charge in [0.2, 0.25) is 10.0 Å². The second kappa shape index (κ2) is 10.7. The molecule has 1 aliphatic carbocycles. The molecule has 7 nitrogen and oxygen atoms in total. The number of hydrogen-bond acceptors (Lipinski definition) is 5. The first kappa shape index (κ1) is 23.7. The molecule has 33 heavy (non-hydrogen) atoms. The number of carbonyl (C=O) groups is 1. The largest absolute Gasteiger partial charge is 0.495 e. The van der Waals surface area contributed by atoms with Crippen molar-refractivity contribution < 1.29 is 17.9 Å². The van der Waals surface area contributed by atoms with Crippen LogP contribution in [0.2, 0.25) is 0 Å². The van der Waals surface area contributed by atoms with Crippen LogP contribution in [0.5, 0.6) is 5.75 Å². The Morgan fingerprint density at radius 3 is 2.42 bits per heavy atom. The van der Waals surface area contributed by atoms with E-state index in [0.717, 1.165) is 50.9 Å². The maximum atomic E-state index is 13.0. The molecule has 0 spiro atoms. The van der Waals surface area contributed by atoms with E-state index in [2.05, 4.69) is 21.0 Å². The van der Waals surface area contributed by atoms with Crippen molar-refractivity contribution in [2.45, 2.75) is 62.6 Å². The minimum absolute atomic E-state index is 0.000941. The summed E-state index contributed by atoms with van der Waals surface area (Å²) in [5.74, 6) is -0.0843. The van der Waals surface area contributed by atoms with Crippen LogP contribution in [0.15, 0.2) is 47.4 Å². The van der Waals surface area contributed by atoms with E-state index in [1.54, 1.807) is 12.1 Å². The molecular formula is C25H33N3O4S. The highest BCUT2D eigenvalue weighted by atomic mass is 32.2. The Labute approximate surface area is 196 Å². The van der Waals surface area contributed by atoms with Gasteiger partial charge >= 0.3 is 0 Å². The summed E-state index contributed by atoms with van der Waals surface area (Å²) < 4.78 is 34.1. The Bertz CT molecular complexity index is 1070. The first-order valence-electron chi connectivity index (χ1n) is 11.7. The van der Waals surface area contributed by atoms with Crippen LogP contribution in [-0.4, -0.2) is 45.5 Å². The molecule has 0 aromatic heterocycles. The molecule has 4 rings (SSSR count). The number of nitrogens with zero attached hydrogens (tertiary/aromatic N) is 1. The highest BCUT2D eigenvalue weighted by Gasteiger charge is 2.26. The van der Waals surface area contributed by atoms with E-state index in [0.29, 0.717) is 12.1 Å². The summed E-state index contributed by atoms with van der Waals surface area (Å²) >= 11 is 0. The van der Waals surface area contributed by atoms with Crippen LogP contribution in [0, 0.1) is 0 Å². The standard InChI is InChI=1S/C25H33N3O4S/c1-32-23-13-12-19(16-24(23)33(30,31)27-22-10-4-5-11-22)25(29)26-17-20-8-2-3-9-21(20)18-28-14-6-7-15-28/h2-3,8-9,12-13,16,22,27H,4-7,10-11,14-15,17-18H2,1H3,(H,26,29). The molecule has 1 saturated carbocycles. The normalized spacial score (nSPS) is 17.4. The van der Waals surface area contributed by atoms with Crippen LogP contribution in [0.3, 0.4) is 0 Å². The lowest BCUT2D eigenvalue weighted by Crippen LogP contribution is -2.33. The zero-order valence-electron chi connectivity index (χ0n) is 19.2. The van der Waals surface area contributed by atoms with Gasteiger partial charge in [-0.2, -0.15) is 0 Å². The summed E-state index contributed by atoms with van der Waals surface area (Å²) in [5.41, 5.74) is 2.57. The Balaban J connectivity index is 1.47. The Kier molecular flexibility index (Phi) is 7.67. The van der Waals surface area contributed by atoms with Gasteiger partial charge in [0, 0.05) is 24.7 Å². The van der Waals surface area contributed by atoms with Crippen molar-refractivity contribution in [1.82, 2.24) is 14.9 Å². The smallest absolute Gasteiger partial charge is 0.251 e. The Morgan fingerprint density at radius 2 is 1.73 bits per heavy atom. The molecular weight excluding hydrogens is 438 g/mol. The average molecular weight is 472 g/mol. The molecule has 1 heterocycles. The van der Waals surface area contributed by atoms with Gasteiger partial charge in [0.25, 0.3) is 5.91 Å². The molecule has 0 atom stereocenters. The fourth-order valence-corrected chi connectivity index (χ4v) is 6.20. The molecule has 1 amide bonds. The van der Waals surface area contributed by atoms with Crippen molar-refractivity contribution >= 4 is 15.9 Å². The molecule has 178 valence electrons. The summed E-state index contributed by atoms with van der Waals surface area (Å²) in [6, 6.07) is 12.6. The van der Waals surface area contributed by atoms with Crippen molar-refractivity contribution in [3.8, 4) is 5.75 Å². The SMILES string of the molecule is COc1ccc(C(=O)NCc2ccccc2CN2CCCC2)cc1S(=O)(=O)NC1CCCC1. The van der Waals surface area contributed by atoms with E-state index < -0.39 is 10.0 Å². The highest BCUT2D eigenvalue weighted by molar-refractivity contribution is 7.89. The molecule has 1 saturated heterocycles. The summed E-state index contributed by atoms with van der Waals surface area (Å²) in [4.78, 5) is 15.3. The third-order valence-corrected chi connectivity index (χ3v) is 8.08. The lowest BCUT2D eigenvalue weighted by Gasteiger charge is -2.18. The van der Waals surface area contributed by atoms with E-state index in [-0.39, 0.29) is 22.6 Å². The number of nitrogens with one attached hydrogen (secondary N) is 2. The third-order valence-electron chi connectivity index (χ3n) is 6.54. The van der Waals surface area contributed by atoms with E-state index in [4.69, 9.17) is 4.74 Å². The number of carbonyl (C=O) groups excluding carboxylic acids is 1. The monoisotopic (exact) mass is 471 g/mol. The van der Waals surface area contributed by atoms with Gasteiger partial charge in [0.05, 0.1) is 7.11 Å². The van der Waals surface area contributed by atoms with Gasteiger partial charge in [-0.3, -0.25) is 9.69 Å². The molecule has 2 aromatic carbocycles. The topological polar surface area (TPSA) is 87.7 Å². The van der Waals surface area contributed by atoms with Crippen LogP contribution in [0.4, 0.5) is 0 Å². The summed E-state index contributed by atoms with van der Waals surface area (Å²) in [7, 11) is -2.36. The van der Waals surface area contributed by atoms with E-state index >= 15 is 0 Å². The van der Waals surface area contributed by atoms with E-state index in [1.807, 2.05) is 18.2 Å². The van der Waals surface area contributed by atoms with Crippen LogP contribution >= 0.6 is 0 Å². The fraction of sp³-hybridized carbons (Fsp3) is 0.480. The van der Waals surface area contributed by atoms with Crippen molar-refractivity contribution in [2.75, 3.05) is 20.2 Å². The van der Waals surface area contributed by atoms with E-state index in [9.17, 15) is 13.2 Å². The maximum Gasteiger partial charge on any atom is 0.251 e. The van der Waals surface area contributed by atoms with Crippen LogP contribution in [0.1, 0.15) is 60.0 Å². The van der Waals surface area contributed by atoms with Crippen molar-refractivity contribution in [1.29, 1.82) is 0 Å². The van der Waals surface area contributed by atoms with E-state index in [1.165, 1.54) is 31.6 Å². The minimum atomic E-state index is -3.79. The van der Waals surface area contributed by atoms with Crippen molar-refractivity contribution in [3.63, 3.8) is 0 Å². The van der Waals surface area contributed by atoms with Crippen molar-refractivity contribution in [2.24, 2.45) is 0 Å². The second-order valence-electron chi connectivity index (χ2n) is 8.90. The predicted octanol–water partition coefficient (Wildman–Crippen LogP) is 3.44. The average Bonchev–Trinajstić information content (AvgIpc) is 3.52. The van der Waals surface area contributed by atoms with Gasteiger partial charge in [-0.1, -0.05) is 37.1 Å². The van der Waals surface area contributed by atoms with Gasteiger partial charge in [0.15, 0.2) is 0 Å². The molecule has 0 bridgehead atoms. The first-order chi connectivity index (χ1) is 16.0. The van der Waals surface area contributed by atoms with Gasteiger partial charge in [-0.25, -0.2) is 13.1 Å². The van der Waals surface area contributed by atoms with Gasteiger partial charge in [0.1, 0.15) is 10.6 Å². The lowest BCUT2D eigenvalue weighted by molar-refractivity contribution is 0.0950. The minimum Gasteiger partial charge on any atom is -0.495 e. The third kappa shape index (κ3) is 5.93. The van der Waals surface area contributed by atoms with Crippen LogP contribution in [-0.2, 0) is 23.1 Å². The quantitative estimate of drug-likeness (QED) is 0.585. The number of amides is 1. The number of benzene rings is 2. The number of methoxy groups -OCH3 is 1. The van der Waals surface area contributed by atoms with Crippen LogP contribution < -0.4 is 14.8 Å². The molecule has 2 aliphatic rings. The first-order valence-corrected chi connectivity index (χ1v) is 13.2. The summed E-state index contributed by atoms with van der Waals surface area (Å²) in [5, 5.41) is 2.96. The Morgan fingerprint density at radius 1 is 1.03 bits per heavy atom. The van der Waals surface area contributed by atoms with Gasteiger partial charge in [-0.05, 0) is 68.1 Å². The second-order valence-corrected chi connectivity index (χ2v) is 10.6. The zero-order valence-corrected chi connectivity index (χ0v) is 20.0. The zero-order chi connectivity index (χ0) is 23.3. The molecule has 2 N–H and O–H groups in total. The van der Waals surface area contributed by atoms with Gasteiger partial charge in [-0.15, -0.1) is 0 Å². The number of likely N-dealkylation sites (tertiary alicyclic amines) is 1. The maximum absolute atomic E-state index is 13.0. The molecule has 2 aromatic rings. The molecule has 2 fully saturated rings. The Hall–Kier alpha value is -2.42. The summed E-state index contributed by atoms with van der Waals surface area (Å²) in [6.45, 7) is 3.48.